The number of hydrogen-bond acceptors (Lipinski definition) is 4. The zero-order valence-corrected chi connectivity index (χ0v) is 12.8. The highest BCUT2D eigenvalue weighted by atomic mass is 16.5. The Kier molecular flexibility index (Phi) is 5.07. The van der Waals surface area contributed by atoms with Crippen molar-refractivity contribution in [2.45, 2.75) is 38.3 Å². The number of hydrogen-bond donors (Lipinski definition) is 1. The lowest BCUT2D eigenvalue weighted by Gasteiger charge is -2.36. The van der Waals surface area contributed by atoms with Gasteiger partial charge in [0.25, 0.3) is 0 Å². The van der Waals surface area contributed by atoms with Gasteiger partial charge in [0.05, 0.1) is 12.7 Å². The SMILES string of the molecule is COc1cc(C(=O)O)ccc1OC(C)C1CCCCN1C. The van der Waals surface area contributed by atoms with Crippen LogP contribution < -0.4 is 9.47 Å². The van der Waals surface area contributed by atoms with Gasteiger partial charge in [-0.25, -0.2) is 4.79 Å². The Hall–Kier alpha value is -1.75. The molecule has 1 aromatic carbocycles. The van der Waals surface area contributed by atoms with Gasteiger partial charge in [0.2, 0.25) is 0 Å². The molecule has 21 heavy (non-hydrogen) atoms. The van der Waals surface area contributed by atoms with Crippen molar-refractivity contribution in [2.75, 3.05) is 20.7 Å². The number of piperidine rings is 1. The second kappa shape index (κ2) is 6.80. The third-order valence-electron chi connectivity index (χ3n) is 4.09. The van der Waals surface area contributed by atoms with E-state index in [2.05, 4.69) is 18.9 Å². The zero-order valence-electron chi connectivity index (χ0n) is 12.8. The van der Waals surface area contributed by atoms with Gasteiger partial charge in [0.1, 0.15) is 6.10 Å². The van der Waals surface area contributed by atoms with Gasteiger partial charge >= 0.3 is 5.97 Å². The van der Waals surface area contributed by atoms with Crippen molar-refractivity contribution in [1.29, 1.82) is 0 Å². The standard InChI is InChI=1S/C16H23NO4/c1-11(13-6-4-5-9-17(13)2)21-14-8-7-12(16(18)19)10-15(14)20-3/h7-8,10-11,13H,4-6,9H2,1-3H3,(H,18,19). The molecule has 5 heteroatoms. The molecular weight excluding hydrogens is 270 g/mol. The predicted molar refractivity (Wildman–Crippen MR) is 80.3 cm³/mol. The molecule has 0 saturated carbocycles. The van der Waals surface area contributed by atoms with Gasteiger partial charge < -0.3 is 14.6 Å². The molecule has 1 fully saturated rings. The number of likely N-dealkylation sites (N-methyl/N-ethyl adjacent to an activating group) is 1. The first-order chi connectivity index (χ1) is 10.0. The second-order valence-corrected chi connectivity index (χ2v) is 5.54. The van der Waals surface area contributed by atoms with Crippen LogP contribution >= 0.6 is 0 Å². The largest absolute Gasteiger partial charge is 0.493 e. The van der Waals surface area contributed by atoms with Crippen molar-refractivity contribution in [3.8, 4) is 11.5 Å². The van der Waals surface area contributed by atoms with Crippen LogP contribution in [0.5, 0.6) is 11.5 Å². The van der Waals surface area contributed by atoms with Crippen molar-refractivity contribution < 1.29 is 19.4 Å². The van der Waals surface area contributed by atoms with Crippen LogP contribution in [0.2, 0.25) is 0 Å². The summed E-state index contributed by atoms with van der Waals surface area (Å²) in [5.74, 6) is 0.0779. The highest BCUT2D eigenvalue weighted by Crippen LogP contribution is 2.31. The van der Waals surface area contributed by atoms with Crippen LogP contribution in [-0.4, -0.2) is 48.8 Å². The van der Waals surface area contributed by atoms with E-state index in [1.54, 1.807) is 6.07 Å². The maximum atomic E-state index is 11.0. The third kappa shape index (κ3) is 3.67. The Labute approximate surface area is 125 Å². The smallest absolute Gasteiger partial charge is 0.335 e. The molecule has 1 aliphatic heterocycles. The Balaban J connectivity index is 2.12. The van der Waals surface area contributed by atoms with E-state index in [0.29, 0.717) is 17.5 Å². The van der Waals surface area contributed by atoms with E-state index in [4.69, 9.17) is 14.6 Å². The van der Waals surface area contributed by atoms with Crippen molar-refractivity contribution >= 4 is 5.97 Å². The van der Waals surface area contributed by atoms with Gasteiger partial charge in [-0.3, -0.25) is 4.90 Å². The number of carboxylic acid groups (broad SMARTS) is 1. The summed E-state index contributed by atoms with van der Waals surface area (Å²) in [4.78, 5) is 13.3. The molecule has 2 atom stereocenters. The molecule has 1 heterocycles. The number of aromatic carboxylic acids is 1. The highest BCUT2D eigenvalue weighted by molar-refractivity contribution is 5.88. The topological polar surface area (TPSA) is 59.0 Å². The first-order valence-electron chi connectivity index (χ1n) is 7.31. The summed E-state index contributed by atoms with van der Waals surface area (Å²) in [7, 11) is 3.64. The zero-order chi connectivity index (χ0) is 15.4. The van der Waals surface area contributed by atoms with E-state index in [-0.39, 0.29) is 11.7 Å². The maximum absolute atomic E-state index is 11.0. The molecule has 1 N–H and O–H groups in total. The monoisotopic (exact) mass is 293 g/mol. The minimum absolute atomic E-state index is 0.0277. The minimum Gasteiger partial charge on any atom is -0.493 e. The van der Waals surface area contributed by atoms with E-state index < -0.39 is 5.97 Å². The Morgan fingerprint density at radius 2 is 2.14 bits per heavy atom. The summed E-state index contributed by atoms with van der Waals surface area (Å²) in [6.07, 6.45) is 3.60. The van der Waals surface area contributed by atoms with Gasteiger partial charge in [-0.05, 0) is 51.6 Å². The van der Waals surface area contributed by atoms with Gasteiger partial charge in [-0.15, -0.1) is 0 Å². The summed E-state index contributed by atoms with van der Waals surface area (Å²) in [5, 5.41) is 9.01. The fourth-order valence-electron chi connectivity index (χ4n) is 2.87. The second-order valence-electron chi connectivity index (χ2n) is 5.54. The van der Waals surface area contributed by atoms with Crippen molar-refractivity contribution in [3.05, 3.63) is 23.8 Å². The molecule has 1 aliphatic rings. The maximum Gasteiger partial charge on any atom is 0.335 e. The molecule has 2 unspecified atom stereocenters. The number of benzene rings is 1. The minimum atomic E-state index is -0.972. The molecule has 1 aromatic rings. The van der Waals surface area contributed by atoms with Crippen LogP contribution in [0.3, 0.4) is 0 Å². The van der Waals surface area contributed by atoms with E-state index in [1.807, 2.05) is 0 Å². The molecule has 5 nitrogen and oxygen atoms in total. The Morgan fingerprint density at radius 1 is 1.38 bits per heavy atom. The van der Waals surface area contributed by atoms with Crippen molar-refractivity contribution in [1.82, 2.24) is 4.90 Å². The molecule has 116 valence electrons. The quantitative estimate of drug-likeness (QED) is 0.904. The van der Waals surface area contributed by atoms with Crippen molar-refractivity contribution in [2.24, 2.45) is 0 Å². The van der Waals surface area contributed by atoms with Gasteiger partial charge in [-0.1, -0.05) is 6.42 Å². The number of carbonyl (C=O) groups is 1. The lowest BCUT2D eigenvalue weighted by molar-refractivity contribution is 0.0664. The summed E-state index contributed by atoms with van der Waals surface area (Å²) < 4.78 is 11.3. The summed E-state index contributed by atoms with van der Waals surface area (Å²) in [6, 6.07) is 5.08. The number of carboxylic acids is 1. The highest BCUT2D eigenvalue weighted by Gasteiger charge is 2.26. The molecule has 2 rings (SSSR count). The molecule has 0 bridgehead atoms. The van der Waals surface area contributed by atoms with E-state index >= 15 is 0 Å². The predicted octanol–water partition coefficient (Wildman–Crippen LogP) is 2.65. The first kappa shape index (κ1) is 15.6. The van der Waals surface area contributed by atoms with Gasteiger partial charge in [0.15, 0.2) is 11.5 Å². The van der Waals surface area contributed by atoms with Crippen molar-refractivity contribution in [3.63, 3.8) is 0 Å². The fraction of sp³-hybridized carbons (Fsp3) is 0.562. The average Bonchev–Trinajstić information content (AvgIpc) is 2.47. The molecule has 0 aliphatic carbocycles. The van der Waals surface area contributed by atoms with E-state index in [9.17, 15) is 4.79 Å². The number of nitrogens with zero attached hydrogens (tertiary/aromatic N) is 1. The van der Waals surface area contributed by atoms with Crippen LogP contribution in [0, 0.1) is 0 Å². The lowest BCUT2D eigenvalue weighted by Crippen LogP contribution is -2.45. The van der Waals surface area contributed by atoms with Crippen LogP contribution in [0.4, 0.5) is 0 Å². The van der Waals surface area contributed by atoms with E-state index in [1.165, 1.54) is 32.1 Å². The number of ether oxygens (including phenoxy) is 2. The average molecular weight is 293 g/mol. The number of methoxy groups -OCH3 is 1. The van der Waals surface area contributed by atoms with Crippen LogP contribution in [0.1, 0.15) is 36.5 Å². The van der Waals surface area contributed by atoms with Crippen LogP contribution in [-0.2, 0) is 0 Å². The van der Waals surface area contributed by atoms with Crippen LogP contribution in [0.25, 0.3) is 0 Å². The Morgan fingerprint density at radius 3 is 2.76 bits per heavy atom. The Bertz CT molecular complexity index is 503. The first-order valence-corrected chi connectivity index (χ1v) is 7.31. The third-order valence-corrected chi connectivity index (χ3v) is 4.09. The van der Waals surface area contributed by atoms with Gasteiger partial charge in [0, 0.05) is 6.04 Å². The normalized spacial score (nSPS) is 20.8. The molecule has 1 saturated heterocycles. The lowest BCUT2D eigenvalue weighted by atomic mass is 9.99. The molecule has 0 spiro atoms. The summed E-state index contributed by atoms with van der Waals surface area (Å²) in [5.41, 5.74) is 0.196. The summed E-state index contributed by atoms with van der Waals surface area (Å²) in [6.45, 7) is 3.14. The number of likely N-dealkylation sites (tertiary alicyclic amines) is 1. The van der Waals surface area contributed by atoms with E-state index in [0.717, 1.165) is 13.0 Å². The molecule has 0 amide bonds. The van der Waals surface area contributed by atoms with Crippen LogP contribution in [0.15, 0.2) is 18.2 Å². The fourth-order valence-corrected chi connectivity index (χ4v) is 2.87. The number of rotatable bonds is 5. The molecule has 0 radical (unpaired) electrons. The summed E-state index contributed by atoms with van der Waals surface area (Å²) >= 11 is 0. The van der Waals surface area contributed by atoms with Gasteiger partial charge in [-0.2, -0.15) is 0 Å². The molecule has 0 aromatic heterocycles. The molecular formula is C16H23NO4.